The van der Waals surface area contributed by atoms with Crippen molar-refractivity contribution < 1.29 is 0 Å². The molecule has 1 aliphatic heterocycles. The fraction of sp³-hybridized carbons (Fsp3) is 0.462. The lowest BCUT2D eigenvalue weighted by atomic mass is 10.2. The van der Waals surface area contributed by atoms with Gasteiger partial charge in [0, 0.05) is 16.8 Å². The van der Waals surface area contributed by atoms with E-state index in [4.69, 9.17) is 17.3 Å². The van der Waals surface area contributed by atoms with Crippen LogP contribution in [0.1, 0.15) is 19.3 Å². The van der Waals surface area contributed by atoms with E-state index >= 15 is 0 Å². The standard InChI is InChI=1S/C13H16ClN3S/c14-9-4-5-12-11(7-9)16-13(15)17(12)8-10-3-1-2-6-18-10/h4-5,7,10H,1-3,6,8H2,(H2,15,16). The van der Waals surface area contributed by atoms with Crippen molar-refractivity contribution in [2.75, 3.05) is 11.5 Å². The summed E-state index contributed by atoms with van der Waals surface area (Å²) in [6, 6.07) is 5.78. The van der Waals surface area contributed by atoms with Gasteiger partial charge in [0.2, 0.25) is 5.95 Å². The summed E-state index contributed by atoms with van der Waals surface area (Å²) in [6.45, 7) is 0.953. The van der Waals surface area contributed by atoms with Gasteiger partial charge in [-0.1, -0.05) is 18.0 Å². The molecular weight excluding hydrogens is 266 g/mol. The summed E-state index contributed by atoms with van der Waals surface area (Å²) in [5, 5.41) is 1.37. The molecule has 2 aromatic rings. The van der Waals surface area contributed by atoms with Crippen LogP contribution in [0.5, 0.6) is 0 Å². The van der Waals surface area contributed by atoms with E-state index in [1.165, 1.54) is 25.0 Å². The molecule has 18 heavy (non-hydrogen) atoms. The van der Waals surface area contributed by atoms with E-state index in [-0.39, 0.29) is 0 Å². The molecule has 0 bridgehead atoms. The number of rotatable bonds is 2. The highest BCUT2D eigenvalue weighted by molar-refractivity contribution is 7.99. The molecule has 0 spiro atoms. The Labute approximate surface area is 116 Å². The maximum atomic E-state index is 6.02. The SMILES string of the molecule is Nc1nc2cc(Cl)ccc2n1CC1CCCCS1. The summed E-state index contributed by atoms with van der Waals surface area (Å²) < 4.78 is 2.12. The first-order chi connectivity index (χ1) is 8.74. The number of anilines is 1. The van der Waals surface area contributed by atoms with E-state index < -0.39 is 0 Å². The Bertz CT molecular complexity index is 561. The number of nitrogen functional groups attached to an aromatic ring is 1. The third kappa shape index (κ3) is 2.31. The Morgan fingerprint density at radius 3 is 3.11 bits per heavy atom. The fourth-order valence-electron chi connectivity index (χ4n) is 2.47. The number of thioether (sulfide) groups is 1. The first-order valence-corrected chi connectivity index (χ1v) is 7.69. The van der Waals surface area contributed by atoms with E-state index in [1.807, 2.05) is 18.2 Å². The van der Waals surface area contributed by atoms with Crippen LogP contribution in [0.15, 0.2) is 18.2 Å². The van der Waals surface area contributed by atoms with Crippen LogP contribution in [0.25, 0.3) is 11.0 Å². The van der Waals surface area contributed by atoms with E-state index in [2.05, 4.69) is 21.3 Å². The molecule has 0 amide bonds. The summed E-state index contributed by atoms with van der Waals surface area (Å²) in [6.07, 6.45) is 3.95. The summed E-state index contributed by atoms with van der Waals surface area (Å²) in [7, 11) is 0. The lowest BCUT2D eigenvalue weighted by Gasteiger charge is -2.22. The molecule has 2 N–H and O–H groups in total. The molecule has 5 heteroatoms. The van der Waals surface area contributed by atoms with E-state index in [0.717, 1.165) is 17.6 Å². The second-order valence-corrected chi connectivity index (χ2v) is 6.55. The van der Waals surface area contributed by atoms with Crippen molar-refractivity contribution in [3.63, 3.8) is 0 Å². The summed E-state index contributed by atoms with van der Waals surface area (Å²) in [5.74, 6) is 1.86. The second-order valence-electron chi connectivity index (χ2n) is 4.70. The van der Waals surface area contributed by atoms with E-state index in [0.29, 0.717) is 16.2 Å². The molecule has 1 aromatic carbocycles. The predicted octanol–water partition coefficient (Wildman–Crippen LogP) is 3.56. The van der Waals surface area contributed by atoms with Crippen molar-refractivity contribution in [3.05, 3.63) is 23.2 Å². The average molecular weight is 282 g/mol. The number of nitrogens with zero attached hydrogens (tertiary/aromatic N) is 2. The lowest BCUT2D eigenvalue weighted by molar-refractivity contribution is 0.595. The van der Waals surface area contributed by atoms with Gasteiger partial charge in [-0.25, -0.2) is 4.98 Å². The molecule has 0 aliphatic carbocycles. The summed E-state index contributed by atoms with van der Waals surface area (Å²) in [5.41, 5.74) is 8.00. The minimum Gasteiger partial charge on any atom is -0.369 e. The lowest BCUT2D eigenvalue weighted by Crippen LogP contribution is -2.18. The van der Waals surface area contributed by atoms with Crippen LogP contribution in [0.2, 0.25) is 5.02 Å². The van der Waals surface area contributed by atoms with Gasteiger partial charge in [0.05, 0.1) is 11.0 Å². The van der Waals surface area contributed by atoms with Crippen LogP contribution < -0.4 is 5.73 Å². The second kappa shape index (κ2) is 5.02. The third-order valence-electron chi connectivity index (χ3n) is 3.40. The van der Waals surface area contributed by atoms with Gasteiger partial charge in [0.1, 0.15) is 0 Å². The molecule has 96 valence electrons. The number of aromatic nitrogens is 2. The van der Waals surface area contributed by atoms with Crippen molar-refractivity contribution in [2.45, 2.75) is 31.1 Å². The van der Waals surface area contributed by atoms with E-state index in [9.17, 15) is 0 Å². The fourth-order valence-corrected chi connectivity index (χ4v) is 3.93. The van der Waals surface area contributed by atoms with Gasteiger partial charge in [-0.15, -0.1) is 0 Å². The number of imidazole rings is 1. The number of nitrogens with two attached hydrogens (primary N) is 1. The Morgan fingerprint density at radius 2 is 2.33 bits per heavy atom. The molecule has 1 aliphatic rings. The molecule has 3 nitrogen and oxygen atoms in total. The number of fused-ring (bicyclic) bond motifs is 1. The van der Waals surface area contributed by atoms with E-state index in [1.54, 1.807) is 0 Å². The molecule has 1 atom stereocenters. The Morgan fingerprint density at radius 1 is 1.44 bits per heavy atom. The maximum absolute atomic E-state index is 6.02. The molecule has 1 saturated heterocycles. The van der Waals surface area contributed by atoms with Gasteiger partial charge in [-0.2, -0.15) is 11.8 Å². The number of halogens is 1. The van der Waals surface area contributed by atoms with Crippen LogP contribution in [-0.4, -0.2) is 20.6 Å². The zero-order valence-electron chi connectivity index (χ0n) is 10.1. The zero-order chi connectivity index (χ0) is 12.5. The summed E-state index contributed by atoms with van der Waals surface area (Å²) in [4.78, 5) is 4.39. The predicted molar refractivity (Wildman–Crippen MR) is 79.3 cm³/mol. The number of benzene rings is 1. The monoisotopic (exact) mass is 281 g/mol. The van der Waals surface area contributed by atoms with Crippen molar-refractivity contribution >= 4 is 40.3 Å². The highest BCUT2D eigenvalue weighted by Crippen LogP contribution is 2.29. The quantitative estimate of drug-likeness (QED) is 0.915. The average Bonchev–Trinajstić information content (AvgIpc) is 2.66. The molecule has 0 saturated carbocycles. The normalized spacial score (nSPS) is 20.4. The van der Waals surface area contributed by atoms with Crippen molar-refractivity contribution in [2.24, 2.45) is 0 Å². The van der Waals surface area contributed by atoms with Gasteiger partial charge in [-0.3, -0.25) is 0 Å². The Kier molecular flexibility index (Phi) is 3.39. The largest absolute Gasteiger partial charge is 0.369 e. The van der Waals surface area contributed by atoms with Crippen LogP contribution in [0, 0.1) is 0 Å². The smallest absolute Gasteiger partial charge is 0.201 e. The van der Waals surface area contributed by atoms with Crippen LogP contribution in [0.4, 0.5) is 5.95 Å². The number of hydrogen-bond acceptors (Lipinski definition) is 3. The summed E-state index contributed by atoms with van der Waals surface area (Å²) >= 11 is 8.03. The minimum atomic E-state index is 0.596. The van der Waals surface area contributed by atoms with Gasteiger partial charge < -0.3 is 10.3 Å². The van der Waals surface area contributed by atoms with Crippen molar-refractivity contribution in [3.8, 4) is 0 Å². The minimum absolute atomic E-state index is 0.596. The first-order valence-electron chi connectivity index (χ1n) is 6.27. The van der Waals surface area contributed by atoms with Crippen LogP contribution >= 0.6 is 23.4 Å². The topological polar surface area (TPSA) is 43.8 Å². The van der Waals surface area contributed by atoms with Crippen LogP contribution in [0.3, 0.4) is 0 Å². The highest BCUT2D eigenvalue weighted by atomic mass is 35.5. The zero-order valence-corrected chi connectivity index (χ0v) is 11.7. The van der Waals surface area contributed by atoms with Gasteiger partial charge in [0.25, 0.3) is 0 Å². The van der Waals surface area contributed by atoms with Crippen molar-refractivity contribution in [1.29, 1.82) is 0 Å². The Hall–Kier alpha value is -0.870. The van der Waals surface area contributed by atoms with Gasteiger partial charge in [0.15, 0.2) is 0 Å². The van der Waals surface area contributed by atoms with Crippen molar-refractivity contribution in [1.82, 2.24) is 9.55 Å². The van der Waals surface area contributed by atoms with Crippen LogP contribution in [-0.2, 0) is 6.54 Å². The molecular formula is C13H16ClN3S. The molecule has 3 rings (SSSR count). The van der Waals surface area contributed by atoms with Gasteiger partial charge in [-0.05, 0) is 36.8 Å². The molecule has 1 unspecified atom stereocenters. The third-order valence-corrected chi connectivity index (χ3v) is 5.02. The molecule has 1 aromatic heterocycles. The molecule has 1 fully saturated rings. The molecule has 0 radical (unpaired) electrons. The number of hydrogen-bond donors (Lipinski definition) is 1. The molecule has 2 heterocycles. The highest BCUT2D eigenvalue weighted by Gasteiger charge is 2.17. The first kappa shape index (κ1) is 12.2. The van der Waals surface area contributed by atoms with Gasteiger partial charge >= 0.3 is 0 Å². The Balaban J connectivity index is 1.92. The maximum Gasteiger partial charge on any atom is 0.201 e.